The zero-order valence-electron chi connectivity index (χ0n) is 9.72. The molecule has 0 aromatic rings. The van der Waals surface area contributed by atoms with Crippen LogP contribution >= 0.6 is 0 Å². The highest BCUT2D eigenvalue weighted by Crippen LogP contribution is 2.08. The topological polar surface area (TPSA) is 74.6 Å². The van der Waals surface area contributed by atoms with Gasteiger partial charge in [0.2, 0.25) is 5.91 Å². The van der Waals surface area contributed by atoms with Crippen molar-refractivity contribution in [1.29, 1.82) is 5.26 Å². The van der Waals surface area contributed by atoms with E-state index in [4.69, 9.17) is 14.7 Å². The smallest absolute Gasteiger partial charge is 0.224 e. The van der Waals surface area contributed by atoms with Crippen LogP contribution in [0.15, 0.2) is 0 Å². The molecule has 0 bridgehead atoms. The first kappa shape index (κ1) is 12.3. The molecular weight excluding hydrogens is 222 g/mol. The van der Waals surface area contributed by atoms with Crippen LogP contribution < -0.4 is 5.32 Å². The fourth-order valence-electron chi connectivity index (χ4n) is 2.04. The molecule has 6 nitrogen and oxygen atoms in total. The molecule has 2 heterocycles. The number of amides is 1. The van der Waals surface area contributed by atoms with E-state index in [0.717, 1.165) is 6.54 Å². The van der Waals surface area contributed by atoms with Gasteiger partial charge in [-0.3, -0.25) is 4.79 Å². The molecule has 2 aliphatic heterocycles. The highest BCUT2D eigenvalue weighted by molar-refractivity contribution is 5.77. The SMILES string of the molecule is N#CC1CN(C(=O)CC2COCCN2)CCO1. The summed E-state index contributed by atoms with van der Waals surface area (Å²) in [6.45, 7) is 3.48. The third-order valence-corrected chi connectivity index (χ3v) is 2.98. The van der Waals surface area contributed by atoms with Gasteiger partial charge in [0, 0.05) is 25.6 Å². The number of hydrogen-bond donors (Lipinski definition) is 1. The fraction of sp³-hybridized carbons (Fsp3) is 0.818. The van der Waals surface area contributed by atoms with E-state index in [1.807, 2.05) is 6.07 Å². The summed E-state index contributed by atoms with van der Waals surface area (Å²) in [4.78, 5) is 13.7. The van der Waals surface area contributed by atoms with Crippen LogP contribution in [0.2, 0.25) is 0 Å². The Bertz CT molecular complexity index is 310. The van der Waals surface area contributed by atoms with Crippen molar-refractivity contribution in [2.75, 3.05) is 39.5 Å². The summed E-state index contributed by atoms with van der Waals surface area (Å²) in [5.74, 6) is 0.0663. The lowest BCUT2D eigenvalue weighted by molar-refractivity contribution is -0.138. The number of nitrogens with one attached hydrogen (secondary N) is 1. The quantitative estimate of drug-likeness (QED) is 0.677. The molecule has 2 aliphatic rings. The largest absolute Gasteiger partial charge is 0.378 e. The molecule has 1 amide bonds. The minimum absolute atomic E-state index is 0.0663. The van der Waals surface area contributed by atoms with Gasteiger partial charge in [-0.25, -0.2) is 0 Å². The first-order valence-electron chi connectivity index (χ1n) is 5.89. The zero-order valence-corrected chi connectivity index (χ0v) is 9.72. The van der Waals surface area contributed by atoms with E-state index in [9.17, 15) is 4.79 Å². The molecule has 0 aromatic heterocycles. The second-order valence-electron chi connectivity index (χ2n) is 4.26. The lowest BCUT2D eigenvalue weighted by Gasteiger charge is -2.32. The van der Waals surface area contributed by atoms with E-state index in [0.29, 0.717) is 39.3 Å². The number of carbonyl (C=O) groups is 1. The number of morpholine rings is 2. The summed E-state index contributed by atoms with van der Waals surface area (Å²) in [7, 11) is 0. The van der Waals surface area contributed by atoms with E-state index < -0.39 is 6.10 Å². The molecule has 2 unspecified atom stereocenters. The van der Waals surface area contributed by atoms with Gasteiger partial charge in [0.1, 0.15) is 0 Å². The van der Waals surface area contributed by atoms with Crippen molar-refractivity contribution in [2.45, 2.75) is 18.6 Å². The van der Waals surface area contributed by atoms with Crippen molar-refractivity contribution < 1.29 is 14.3 Å². The summed E-state index contributed by atoms with van der Waals surface area (Å²) < 4.78 is 10.5. The molecular formula is C11H17N3O3. The van der Waals surface area contributed by atoms with Gasteiger partial charge in [-0.1, -0.05) is 0 Å². The second-order valence-corrected chi connectivity index (χ2v) is 4.26. The number of nitriles is 1. The van der Waals surface area contributed by atoms with Gasteiger partial charge in [0.15, 0.2) is 6.10 Å². The summed E-state index contributed by atoms with van der Waals surface area (Å²) in [6.07, 6.45) is -0.0544. The van der Waals surface area contributed by atoms with E-state index in [-0.39, 0.29) is 11.9 Å². The van der Waals surface area contributed by atoms with Crippen LogP contribution in [0.25, 0.3) is 0 Å². The summed E-state index contributed by atoms with van der Waals surface area (Å²) >= 11 is 0. The van der Waals surface area contributed by atoms with Gasteiger partial charge in [0.05, 0.1) is 32.4 Å². The van der Waals surface area contributed by atoms with Crippen LogP contribution in [-0.2, 0) is 14.3 Å². The number of nitrogens with zero attached hydrogens (tertiary/aromatic N) is 2. The lowest BCUT2D eigenvalue weighted by Crippen LogP contribution is -2.49. The molecule has 2 atom stereocenters. The van der Waals surface area contributed by atoms with Crippen molar-refractivity contribution in [3.05, 3.63) is 0 Å². The van der Waals surface area contributed by atoms with Crippen LogP contribution in [-0.4, -0.2) is 62.4 Å². The van der Waals surface area contributed by atoms with Crippen LogP contribution in [0.3, 0.4) is 0 Å². The van der Waals surface area contributed by atoms with Crippen molar-refractivity contribution in [2.24, 2.45) is 0 Å². The van der Waals surface area contributed by atoms with Crippen LogP contribution in [0.1, 0.15) is 6.42 Å². The van der Waals surface area contributed by atoms with Gasteiger partial charge in [-0.2, -0.15) is 5.26 Å². The normalized spacial score (nSPS) is 29.7. The average Bonchev–Trinajstić information content (AvgIpc) is 2.40. The van der Waals surface area contributed by atoms with E-state index >= 15 is 0 Å². The molecule has 0 spiro atoms. The number of rotatable bonds is 2. The Morgan fingerprint density at radius 2 is 2.41 bits per heavy atom. The Labute approximate surface area is 100 Å². The Hall–Kier alpha value is -1.16. The Balaban J connectivity index is 1.80. The molecule has 2 fully saturated rings. The molecule has 0 aromatic carbocycles. The van der Waals surface area contributed by atoms with Gasteiger partial charge in [-0.05, 0) is 0 Å². The molecule has 2 rings (SSSR count). The molecule has 17 heavy (non-hydrogen) atoms. The number of carbonyl (C=O) groups excluding carboxylic acids is 1. The highest BCUT2D eigenvalue weighted by Gasteiger charge is 2.26. The fourth-order valence-corrected chi connectivity index (χ4v) is 2.04. The Kier molecular flexibility index (Phi) is 4.31. The molecule has 0 aliphatic carbocycles. The zero-order chi connectivity index (χ0) is 12.1. The highest BCUT2D eigenvalue weighted by atomic mass is 16.5. The van der Waals surface area contributed by atoms with Gasteiger partial charge < -0.3 is 19.7 Å². The standard InChI is InChI=1S/C11H17N3O3/c12-6-10-7-14(2-4-17-10)11(15)5-9-8-16-3-1-13-9/h9-10,13H,1-5,7-8H2. The average molecular weight is 239 g/mol. The Morgan fingerprint density at radius 3 is 3.12 bits per heavy atom. The third kappa shape index (κ3) is 3.40. The van der Waals surface area contributed by atoms with E-state index in [1.54, 1.807) is 4.90 Å². The minimum atomic E-state index is -0.483. The van der Waals surface area contributed by atoms with Gasteiger partial charge >= 0.3 is 0 Å². The summed E-state index contributed by atoms with van der Waals surface area (Å²) in [6, 6.07) is 2.13. The van der Waals surface area contributed by atoms with Gasteiger partial charge in [-0.15, -0.1) is 0 Å². The molecule has 0 radical (unpaired) electrons. The van der Waals surface area contributed by atoms with E-state index in [2.05, 4.69) is 5.32 Å². The first-order valence-corrected chi connectivity index (χ1v) is 5.89. The molecule has 2 saturated heterocycles. The molecule has 1 N–H and O–H groups in total. The Morgan fingerprint density at radius 1 is 1.53 bits per heavy atom. The van der Waals surface area contributed by atoms with Crippen molar-refractivity contribution in [3.8, 4) is 6.07 Å². The monoisotopic (exact) mass is 239 g/mol. The maximum atomic E-state index is 12.0. The minimum Gasteiger partial charge on any atom is -0.378 e. The summed E-state index contributed by atoms with van der Waals surface area (Å²) in [5, 5.41) is 12.0. The van der Waals surface area contributed by atoms with Crippen molar-refractivity contribution in [3.63, 3.8) is 0 Å². The van der Waals surface area contributed by atoms with Gasteiger partial charge in [0.25, 0.3) is 0 Å². The predicted octanol–water partition coefficient (Wildman–Crippen LogP) is -0.884. The first-order chi connectivity index (χ1) is 8.29. The van der Waals surface area contributed by atoms with Crippen LogP contribution in [0.5, 0.6) is 0 Å². The third-order valence-electron chi connectivity index (χ3n) is 2.98. The molecule has 94 valence electrons. The predicted molar refractivity (Wildman–Crippen MR) is 59.2 cm³/mol. The van der Waals surface area contributed by atoms with Crippen LogP contribution in [0, 0.1) is 11.3 Å². The van der Waals surface area contributed by atoms with Crippen molar-refractivity contribution >= 4 is 5.91 Å². The molecule has 0 saturated carbocycles. The van der Waals surface area contributed by atoms with Crippen LogP contribution in [0.4, 0.5) is 0 Å². The molecule has 6 heteroatoms. The maximum absolute atomic E-state index is 12.0. The van der Waals surface area contributed by atoms with E-state index in [1.165, 1.54) is 0 Å². The maximum Gasteiger partial charge on any atom is 0.224 e. The number of hydrogen-bond acceptors (Lipinski definition) is 5. The number of ether oxygens (including phenoxy) is 2. The lowest BCUT2D eigenvalue weighted by atomic mass is 10.1. The summed E-state index contributed by atoms with van der Waals surface area (Å²) in [5.41, 5.74) is 0. The second kappa shape index (κ2) is 5.96. The van der Waals surface area contributed by atoms with Crippen molar-refractivity contribution in [1.82, 2.24) is 10.2 Å².